The molecule has 1 heterocycles. The lowest BCUT2D eigenvalue weighted by atomic mass is 10.2. The summed E-state index contributed by atoms with van der Waals surface area (Å²) in [6.45, 7) is 1.86. The van der Waals surface area contributed by atoms with Crippen LogP contribution < -0.4 is 15.4 Å². The van der Waals surface area contributed by atoms with Crippen LogP contribution in [0.3, 0.4) is 0 Å². The molecule has 1 amide bonds. The van der Waals surface area contributed by atoms with Crippen LogP contribution in [-0.2, 0) is 4.79 Å². The number of ether oxygens (including phenoxy) is 1. The van der Waals surface area contributed by atoms with Gasteiger partial charge in [0.15, 0.2) is 0 Å². The van der Waals surface area contributed by atoms with Crippen molar-refractivity contribution in [3.05, 3.63) is 34.4 Å². The molecule has 1 atom stereocenters. The molecule has 0 spiro atoms. The SMILES string of the molecule is O=C1CCC(CNCCOc2ccc([N+](=O)[O-])cc2)N1. The molecule has 2 N–H and O–H groups in total. The van der Waals surface area contributed by atoms with Gasteiger partial charge in [-0.3, -0.25) is 14.9 Å². The van der Waals surface area contributed by atoms with E-state index in [-0.39, 0.29) is 17.6 Å². The van der Waals surface area contributed by atoms with E-state index in [0.717, 1.165) is 13.0 Å². The number of nitro groups is 1. The first-order valence-corrected chi connectivity index (χ1v) is 6.52. The molecule has 1 aromatic carbocycles. The van der Waals surface area contributed by atoms with E-state index in [4.69, 9.17) is 4.74 Å². The molecule has 1 fully saturated rings. The molecule has 108 valence electrons. The van der Waals surface area contributed by atoms with Crippen molar-refractivity contribution in [1.82, 2.24) is 10.6 Å². The minimum atomic E-state index is -0.443. The van der Waals surface area contributed by atoms with Crippen LogP contribution in [-0.4, -0.2) is 36.6 Å². The molecule has 0 radical (unpaired) electrons. The Morgan fingerprint density at radius 3 is 2.75 bits per heavy atom. The second-order valence-corrected chi connectivity index (χ2v) is 4.61. The van der Waals surface area contributed by atoms with Crippen molar-refractivity contribution < 1.29 is 14.5 Å². The summed E-state index contributed by atoms with van der Waals surface area (Å²) in [5.74, 6) is 0.713. The highest BCUT2D eigenvalue weighted by atomic mass is 16.6. The Morgan fingerprint density at radius 1 is 1.40 bits per heavy atom. The van der Waals surface area contributed by atoms with E-state index in [1.165, 1.54) is 12.1 Å². The van der Waals surface area contributed by atoms with Crippen molar-refractivity contribution >= 4 is 11.6 Å². The summed E-state index contributed by atoms with van der Waals surface area (Å²) in [7, 11) is 0. The van der Waals surface area contributed by atoms with E-state index < -0.39 is 4.92 Å². The molecule has 2 rings (SSSR count). The lowest BCUT2D eigenvalue weighted by Crippen LogP contribution is -2.37. The molecule has 7 heteroatoms. The number of amides is 1. The zero-order valence-electron chi connectivity index (χ0n) is 11.0. The number of hydrogen-bond donors (Lipinski definition) is 2. The molecule has 1 unspecified atom stereocenters. The number of carbonyl (C=O) groups excluding carboxylic acids is 1. The molecule has 1 aliphatic heterocycles. The van der Waals surface area contributed by atoms with Crippen molar-refractivity contribution in [2.24, 2.45) is 0 Å². The smallest absolute Gasteiger partial charge is 0.269 e. The molecule has 7 nitrogen and oxygen atoms in total. The van der Waals surface area contributed by atoms with Crippen LogP contribution in [0.2, 0.25) is 0 Å². The Hall–Kier alpha value is -2.15. The highest BCUT2D eigenvalue weighted by molar-refractivity contribution is 5.78. The Bertz CT molecular complexity index is 475. The predicted molar refractivity (Wildman–Crippen MR) is 72.6 cm³/mol. The van der Waals surface area contributed by atoms with Crippen molar-refractivity contribution in [2.45, 2.75) is 18.9 Å². The van der Waals surface area contributed by atoms with Gasteiger partial charge in [-0.05, 0) is 18.6 Å². The average molecular weight is 279 g/mol. The zero-order chi connectivity index (χ0) is 14.4. The van der Waals surface area contributed by atoms with Gasteiger partial charge in [-0.15, -0.1) is 0 Å². The maximum atomic E-state index is 11.0. The van der Waals surface area contributed by atoms with Crippen LogP contribution in [0.4, 0.5) is 5.69 Å². The van der Waals surface area contributed by atoms with Gasteiger partial charge < -0.3 is 15.4 Å². The fraction of sp³-hybridized carbons (Fsp3) is 0.462. The summed E-state index contributed by atoms with van der Waals surface area (Å²) >= 11 is 0. The van der Waals surface area contributed by atoms with Crippen LogP contribution >= 0.6 is 0 Å². The van der Waals surface area contributed by atoms with Crippen LogP contribution in [0.1, 0.15) is 12.8 Å². The molecule has 1 aromatic rings. The summed E-state index contributed by atoms with van der Waals surface area (Å²) in [6, 6.07) is 6.19. The predicted octanol–water partition coefficient (Wildman–Crippen LogP) is 0.842. The monoisotopic (exact) mass is 279 g/mol. The van der Waals surface area contributed by atoms with Gasteiger partial charge in [-0.25, -0.2) is 0 Å². The Kier molecular flexibility index (Phi) is 4.89. The third-order valence-corrected chi connectivity index (χ3v) is 3.07. The molecule has 0 saturated carbocycles. The first kappa shape index (κ1) is 14.3. The fourth-order valence-electron chi connectivity index (χ4n) is 2.01. The lowest BCUT2D eigenvalue weighted by molar-refractivity contribution is -0.384. The Balaban J connectivity index is 1.61. The van der Waals surface area contributed by atoms with Gasteiger partial charge in [-0.2, -0.15) is 0 Å². The summed E-state index contributed by atoms with van der Waals surface area (Å²) in [5, 5.41) is 16.6. The Labute approximate surface area is 116 Å². The van der Waals surface area contributed by atoms with E-state index in [1.54, 1.807) is 12.1 Å². The van der Waals surface area contributed by atoms with Crippen molar-refractivity contribution in [3.63, 3.8) is 0 Å². The topological polar surface area (TPSA) is 93.5 Å². The number of nitrogens with one attached hydrogen (secondary N) is 2. The number of rotatable bonds is 7. The van der Waals surface area contributed by atoms with Crippen LogP contribution in [0, 0.1) is 10.1 Å². The molecule has 0 aliphatic carbocycles. The standard InChI is InChI=1S/C13H17N3O4/c17-13-6-1-10(15-13)9-14-7-8-20-12-4-2-11(3-5-12)16(18)19/h2-5,10,14H,1,6-9H2,(H,15,17). The average Bonchev–Trinajstić information content (AvgIpc) is 2.84. The minimum Gasteiger partial charge on any atom is -0.492 e. The third kappa shape index (κ3) is 4.20. The van der Waals surface area contributed by atoms with Crippen LogP contribution in [0.25, 0.3) is 0 Å². The summed E-state index contributed by atoms with van der Waals surface area (Å²) < 4.78 is 5.45. The number of nitrogens with zero attached hydrogens (tertiary/aromatic N) is 1. The fourth-order valence-corrected chi connectivity index (χ4v) is 2.01. The maximum absolute atomic E-state index is 11.0. The van der Waals surface area contributed by atoms with Gasteiger partial charge in [0.25, 0.3) is 5.69 Å². The van der Waals surface area contributed by atoms with E-state index >= 15 is 0 Å². The highest BCUT2D eigenvalue weighted by Gasteiger charge is 2.19. The van der Waals surface area contributed by atoms with Gasteiger partial charge in [0.2, 0.25) is 5.91 Å². The molecule has 20 heavy (non-hydrogen) atoms. The van der Waals surface area contributed by atoms with Gasteiger partial charge >= 0.3 is 0 Å². The molecule has 0 aromatic heterocycles. The summed E-state index contributed by atoms with van der Waals surface area (Å²) in [6.07, 6.45) is 1.47. The van der Waals surface area contributed by atoms with E-state index in [9.17, 15) is 14.9 Å². The van der Waals surface area contributed by atoms with Gasteiger partial charge in [0.1, 0.15) is 12.4 Å². The van der Waals surface area contributed by atoms with Crippen molar-refractivity contribution in [1.29, 1.82) is 0 Å². The maximum Gasteiger partial charge on any atom is 0.269 e. The van der Waals surface area contributed by atoms with E-state index in [0.29, 0.717) is 25.3 Å². The molecule has 1 saturated heterocycles. The number of benzene rings is 1. The van der Waals surface area contributed by atoms with Crippen LogP contribution in [0.15, 0.2) is 24.3 Å². The second kappa shape index (κ2) is 6.85. The van der Waals surface area contributed by atoms with Crippen molar-refractivity contribution in [2.75, 3.05) is 19.7 Å². The van der Waals surface area contributed by atoms with Crippen LogP contribution in [0.5, 0.6) is 5.75 Å². The largest absolute Gasteiger partial charge is 0.492 e. The third-order valence-electron chi connectivity index (χ3n) is 3.07. The van der Waals surface area contributed by atoms with E-state index in [1.807, 2.05) is 0 Å². The van der Waals surface area contributed by atoms with Gasteiger partial charge in [-0.1, -0.05) is 0 Å². The number of non-ortho nitro benzene ring substituents is 1. The Morgan fingerprint density at radius 2 is 2.15 bits per heavy atom. The highest BCUT2D eigenvalue weighted by Crippen LogP contribution is 2.16. The number of nitro benzene ring substituents is 1. The number of hydrogen-bond acceptors (Lipinski definition) is 5. The zero-order valence-corrected chi connectivity index (χ0v) is 11.0. The first-order chi connectivity index (χ1) is 9.65. The quantitative estimate of drug-likeness (QED) is 0.438. The second-order valence-electron chi connectivity index (χ2n) is 4.61. The molecular formula is C13H17N3O4. The molecular weight excluding hydrogens is 262 g/mol. The van der Waals surface area contributed by atoms with Gasteiger partial charge in [0.05, 0.1) is 4.92 Å². The minimum absolute atomic E-state index is 0.0486. The number of carbonyl (C=O) groups is 1. The molecule has 0 bridgehead atoms. The lowest BCUT2D eigenvalue weighted by Gasteiger charge is -2.11. The van der Waals surface area contributed by atoms with Crippen molar-refractivity contribution in [3.8, 4) is 5.75 Å². The summed E-state index contributed by atoms with van der Waals surface area (Å²) in [4.78, 5) is 21.0. The normalized spacial score (nSPS) is 17.8. The van der Waals surface area contributed by atoms with E-state index in [2.05, 4.69) is 10.6 Å². The molecule has 1 aliphatic rings. The first-order valence-electron chi connectivity index (χ1n) is 6.52. The van der Waals surface area contributed by atoms with Gasteiger partial charge in [0, 0.05) is 37.7 Å². The summed E-state index contributed by atoms with van der Waals surface area (Å²) in [5.41, 5.74) is 0.0486.